The smallest absolute Gasteiger partial charge is 0.368 e. The Balaban J connectivity index is 2.01. The molecule has 7 nitrogen and oxygen atoms in total. The molecule has 28 heavy (non-hydrogen) atoms. The van der Waals surface area contributed by atoms with E-state index in [0.717, 1.165) is 22.9 Å². The Bertz CT molecular complexity index is 913. The van der Waals surface area contributed by atoms with Crippen molar-refractivity contribution in [1.82, 2.24) is 14.8 Å². The molecule has 1 aromatic carbocycles. The number of nitrogens with two attached hydrogens (primary N) is 1. The Morgan fingerprint density at radius 3 is 2.71 bits per heavy atom. The molecule has 2 aromatic rings. The van der Waals surface area contributed by atoms with Crippen molar-refractivity contribution in [1.29, 1.82) is 0 Å². The molecule has 150 valence electrons. The number of amides is 1. The maximum atomic E-state index is 13.2. The number of halogens is 3. The summed E-state index contributed by atoms with van der Waals surface area (Å²) in [5.41, 5.74) is 4.88. The molecule has 3 rings (SSSR count). The van der Waals surface area contributed by atoms with Crippen LogP contribution in [0.5, 0.6) is 0 Å². The summed E-state index contributed by atoms with van der Waals surface area (Å²) in [6, 6.07) is 2.84. The summed E-state index contributed by atoms with van der Waals surface area (Å²) in [5, 5.41) is 6.93. The molecule has 1 aromatic heterocycles. The van der Waals surface area contributed by atoms with Gasteiger partial charge in [0, 0.05) is 6.42 Å². The third-order valence-corrected chi connectivity index (χ3v) is 5.01. The van der Waals surface area contributed by atoms with E-state index in [2.05, 4.69) is 15.4 Å². The van der Waals surface area contributed by atoms with E-state index >= 15 is 0 Å². The maximum absolute atomic E-state index is 13.2. The van der Waals surface area contributed by atoms with E-state index in [1.165, 1.54) is 11.8 Å². The van der Waals surface area contributed by atoms with Gasteiger partial charge in [-0.3, -0.25) is 9.59 Å². The number of aromatic nitrogens is 3. The molecule has 1 aliphatic carbocycles. The highest BCUT2D eigenvalue weighted by atomic mass is 32.2. The zero-order valence-corrected chi connectivity index (χ0v) is 15.7. The fourth-order valence-corrected chi connectivity index (χ4v) is 3.39. The minimum absolute atomic E-state index is 0.0339. The molecule has 1 amide bonds. The van der Waals surface area contributed by atoms with Crippen LogP contribution in [0.15, 0.2) is 23.4 Å². The Kier molecular flexibility index (Phi) is 5.64. The number of nitrogens with zero attached hydrogens (tertiary/aromatic N) is 3. The average Bonchev–Trinajstić information content (AvgIpc) is 3.02. The molecule has 0 spiro atoms. The van der Waals surface area contributed by atoms with E-state index in [1.54, 1.807) is 6.26 Å². The van der Waals surface area contributed by atoms with Crippen LogP contribution in [-0.2, 0) is 15.8 Å². The summed E-state index contributed by atoms with van der Waals surface area (Å²) in [5.74, 6) is -1.74. The van der Waals surface area contributed by atoms with Crippen molar-refractivity contribution in [2.24, 2.45) is 5.92 Å². The molecular formula is C17H18F3N5O2S. The normalized spacial score (nSPS) is 17.6. The van der Waals surface area contributed by atoms with Crippen molar-refractivity contribution >= 4 is 35.1 Å². The van der Waals surface area contributed by atoms with Gasteiger partial charge in [-0.15, -0.1) is 5.10 Å². The summed E-state index contributed by atoms with van der Waals surface area (Å²) in [4.78, 5) is 28.6. The number of nitrogens with one attached hydrogen (secondary N) is 1. The molecule has 1 unspecified atom stereocenters. The SMILES string of the molecule is CSc1nc(N)n(-c2ccc(C(F)(F)F)cc2NC(=O)C2CCCCC2=O)n1. The number of Topliss-reactive ketones (excluding diaryl/α,β-unsaturated/α-hetero) is 1. The molecule has 1 fully saturated rings. The number of carbonyl (C=O) groups excluding carboxylic acids is 2. The van der Waals surface area contributed by atoms with Gasteiger partial charge in [-0.1, -0.05) is 18.2 Å². The zero-order chi connectivity index (χ0) is 20.5. The van der Waals surface area contributed by atoms with Gasteiger partial charge in [0.05, 0.1) is 22.9 Å². The van der Waals surface area contributed by atoms with E-state index in [-0.39, 0.29) is 23.1 Å². The number of carbonyl (C=O) groups is 2. The highest BCUT2D eigenvalue weighted by molar-refractivity contribution is 7.98. The van der Waals surface area contributed by atoms with Gasteiger partial charge in [-0.2, -0.15) is 22.8 Å². The van der Waals surface area contributed by atoms with Gasteiger partial charge in [0.2, 0.25) is 17.0 Å². The number of ketones is 1. The third-order valence-electron chi connectivity index (χ3n) is 4.48. The number of thioether (sulfide) groups is 1. The van der Waals surface area contributed by atoms with E-state index in [4.69, 9.17) is 5.73 Å². The van der Waals surface area contributed by atoms with Crippen molar-refractivity contribution in [2.45, 2.75) is 37.0 Å². The van der Waals surface area contributed by atoms with Gasteiger partial charge in [-0.25, -0.2) is 0 Å². The monoisotopic (exact) mass is 413 g/mol. The van der Waals surface area contributed by atoms with Gasteiger partial charge < -0.3 is 11.1 Å². The van der Waals surface area contributed by atoms with Crippen molar-refractivity contribution < 1.29 is 22.8 Å². The van der Waals surface area contributed by atoms with Gasteiger partial charge in [0.25, 0.3) is 0 Å². The predicted octanol–water partition coefficient (Wildman–Crippen LogP) is 3.29. The van der Waals surface area contributed by atoms with E-state index in [1.807, 2.05) is 0 Å². The second kappa shape index (κ2) is 7.82. The van der Waals surface area contributed by atoms with Crippen LogP contribution >= 0.6 is 11.8 Å². The first-order valence-electron chi connectivity index (χ1n) is 8.52. The highest BCUT2D eigenvalue weighted by Crippen LogP contribution is 2.34. The number of hydrogen-bond acceptors (Lipinski definition) is 6. The Labute approximate surface area is 162 Å². The van der Waals surface area contributed by atoms with Crippen molar-refractivity contribution in [3.8, 4) is 5.69 Å². The number of nitrogen functional groups attached to an aromatic ring is 1. The lowest BCUT2D eigenvalue weighted by Crippen LogP contribution is -2.32. The minimum atomic E-state index is -4.60. The van der Waals surface area contributed by atoms with Crippen LogP contribution < -0.4 is 11.1 Å². The summed E-state index contributed by atoms with van der Waals surface area (Å²) < 4.78 is 40.7. The molecule has 1 atom stereocenters. The molecular weight excluding hydrogens is 395 g/mol. The Hall–Kier alpha value is -2.56. The first kappa shape index (κ1) is 20.2. The van der Waals surface area contributed by atoms with Crippen LogP contribution in [0.3, 0.4) is 0 Å². The standard InChI is InChI=1S/C17H18F3N5O2S/c1-28-16-23-15(21)25(24-16)12-7-6-9(17(18,19)20)8-11(12)22-14(27)10-4-2-3-5-13(10)26/h6-8,10H,2-5H2,1H3,(H,22,27)(H2,21,23,24). The lowest BCUT2D eigenvalue weighted by molar-refractivity contribution is -0.138. The van der Waals surface area contributed by atoms with Crippen LogP contribution in [0.2, 0.25) is 0 Å². The topological polar surface area (TPSA) is 103 Å². The molecule has 1 saturated carbocycles. The number of benzene rings is 1. The Morgan fingerprint density at radius 1 is 1.36 bits per heavy atom. The number of alkyl halides is 3. The third kappa shape index (κ3) is 4.13. The first-order chi connectivity index (χ1) is 13.2. The maximum Gasteiger partial charge on any atom is 0.416 e. The van der Waals surface area contributed by atoms with Crippen LogP contribution in [0.25, 0.3) is 5.69 Å². The fourth-order valence-electron chi connectivity index (χ4n) is 3.05. The van der Waals surface area contributed by atoms with Crippen molar-refractivity contribution in [3.05, 3.63) is 23.8 Å². The van der Waals surface area contributed by atoms with Gasteiger partial charge >= 0.3 is 6.18 Å². The fraction of sp³-hybridized carbons (Fsp3) is 0.412. The molecule has 0 aliphatic heterocycles. The van der Waals surface area contributed by atoms with E-state index < -0.39 is 23.6 Å². The summed E-state index contributed by atoms with van der Waals surface area (Å²) in [6.45, 7) is 0. The number of anilines is 2. The molecule has 0 saturated heterocycles. The summed E-state index contributed by atoms with van der Waals surface area (Å²) in [7, 11) is 0. The summed E-state index contributed by atoms with van der Waals surface area (Å²) >= 11 is 1.21. The van der Waals surface area contributed by atoms with Gasteiger partial charge in [-0.05, 0) is 37.3 Å². The summed E-state index contributed by atoms with van der Waals surface area (Å²) in [6.07, 6.45) is -0.779. The Morgan fingerprint density at radius 2 is 2.11 bits per heavy atom. The molecule has 1 heterocycles. The lowest BCUT2D eigenvalue weighted by Gasteiger charge is -2.21. The second-order valence-electron chi connectivity index (χ2n) is 6.35. The van der Waals surface area contributed by atoms with Crippen LogP contribution in [-0.4, -0.2) is 32.7 Å². The predicted molar refractivity (Wildman–Crippen MR) is 98.1 cm³/mol. The van der Waals surface area contributed by atoms with Crippen molar-refractivity contribution in [2.75, 3.05) is 17.3 Å². The number of rotatable bonds is 4. The quantitative estimate of drug-likeness (QED) is 0.589. The molecule has 0 bridgehead atoms. The molecule has 3 N–H and O–H groups in total. The molecule has 11 heteroatoms. The molecule has 1 aliphatic rings. The van der Waals surface area contributed by atoms with E-state index in [0.29, 0.717) is 30.8 Å². The van der Waals surface area contributed by atoms with E-state index in [9.17, 15) is 22.8 Å². The largest absolute Gasteiger partial charge is 0.416 e. The highest BCUT2D eigenvalue weighted by Gasteiger charge is 2.33. The van der Waals surface area contributed by atoms with Crippen molar-refractivity contribution in [3.63, 3.8) is 0 Å². The van der Waals surface area contributed by atoms with Crippen LogP contribution in [0.4, 0.5) is 24.8 Å². The van der Waals surface area contributed by atoms with Crippen LogP contribution in [0, 0.1) is 5.92 Å². The lowest BCUT2D eigenvalue weighted by atomic mass is 9.87. The van der Waals surface area contributed by atoms with Gasteiger partial charge in [0.1, 0.15) is 5.78 Å². The zero-order valence-electron chi connectivity index (χ0n) is 14.9. The minimum Gasteiger partial charge on any atom is -0.368 e. The van der Waals surface area contributed by atoms with Crippen LogP contribution in [0.1, 0.15) is 31.2 Å². The molecule has 0 radical (unpaired) electrons. The second-order valence-corrected chi connectivity index (χ2v) is 7.13. The average molecular weight is 413 g/mol. The van der Waals surface area contributed by atoms with Gasteiger partial charge in [0.15, 0.2) is 0 Å². The number of hydrogen-bond donors (Lipinski definition) is 2. The first-order valence-corrected chi connectivity index (χ1v) is 9.75.